The number of halogens is 3. The van der Waals surface area contributed by atoms with Crippen LogP contribution in [-0.2, 0) is 0 Å². The molecule has 0 atom stereocenters. The minimum Gasteiger partial charge on any atom is -0.334 e. The van der Waals surface area contributed by atoms with Crippen LogP contribution in [0.4, 0.5) is 13.2 Å². The Morgan fingerprint density at radius 1 is 1.24 bits per heavy atom. The summed E-state index contributed by atoms with van der Waals surface area (Å²) in [7, 11) is 0. The molecule has 7 heteroatoms. The molecular formula is C10H6F3N3O. The molecule has 2 aromatic rings. The number of carbonyl (C=O) groups is 1. The Kier molecular flexibility index (Phi) is 2.66. The van der Waals surface area contributed by atoms with Gasteiger partial charge in [-0.3, -0.25) is 9.78 Å². The Morgan fingerprint density at radius 3 is 2.59 bits per heavy atom. The molecule has 0 saturated heterocycles. The molecule has 0 saturated carbocycles. The highest BCUT2D eigenvalue weighted by molar-refractivity contribution is 5.98. The lowest BCUT2D eigenvalue weighted by Gasteiger charge is -2.01. The summed E-state index contributed by atoms with van der Waals surface area (Å²) in [6, 6.07) is 4.89. The number of pyridine rings is 1. The summed E-state index contributed by atoms with van der Waals surface area (Å²) < 4.78 is 36.4. The SMILES string of the molecule is O=C(c1cnc(-c2ccccn2)[nH]1)C(F)(F)F. The smallest absolute Gasteiger partial charge is 0.334 e. The number of alkyl halides is 3. The molecule has 4 nitrogen and oxygen atoms in total. The van der Waals surface area contributed by atoms with Gasteiger partial charge in [-0.15, -0.1) is 0 Å². The monoisotopic (exact) mass is 241 g/mol. The number of imidazole rings is 1. The number of Topliss-reactive ketones (excluding diaryl/α,β-unsaturated/α-hetero) is 1. The largest absolute Gasteiger partial charge is 0.456 e. The third-order valence-corrected chi connectivity index (χ3v) is 1.99. The van der Waals surface area contributed by atoms with E-state index in [1.165, 1.54) is 6.20 Å². The fourth-order valence-electron chi connectivity index (χ4n) is 1.22. The van der Waals surface area contributed by atoms with Gasteiger partial charge >= 0.3 is 6.18 Å². The van der Waals surface area contributed by atoms with Crippen molar-refractivity contribution < 1.29 is 18.0 Å². The molecule has 0 aliphatic carbocycles. The van der Waals surface area contributed by atoms with Gasteiger partial charge in [0, 0.05) is 6.20 Å². The van der Waals surface area contributed by atoms with Gasteiger partial charge < -0.3 is 4.98 Å². The standard InChI is InChI=1S/C10H6F3N3O/c11-10(12,13)8(17)7-5-15-9(16-7)6-3-1-2-4-14-6/h1-5H,(H,15,16). The Hall–Kier alpha value is -2.18. The van der Waals surface area contributed by atoms with Crippen LogP contribution >= 0.6 is 0 Å². The summed E-state index contributed by atoms with van der Waals surface area (Å²) in [5.41, 5.74) is -0.230. The van der Waals surface area contributed by atoms with Crippen LogP contribution in [0, 0.1) is 0 Å². The third-order valence-electron chi connectivity index (χ3n) is 1.99. The molecule has 1 N–H and O–H groups in total. The van der Waals surface area contributed by atoms with Crippen LogP contribution in [0.25, 0.3) is 11.5 Å². The molecule has 0 radical (unpaired) electrons. The topological polar surface area (TPSA) is 58.6 Å². The van der Waals surface area contributed by atoms with Crippen molar-refractivity contribution in [1.29, 1.82) is 0 Å². The van der Waals surface area contributed by atoms with E-state index in [9.17, 15) is 18.0 Å². The molecule has 0 unspecified atom stereocenters. The Bertz CT molecular complexity index is 533. The summed E-state index contributed by atoms with van der Waals surface area (Å²) in [6.45, 7) is 0. The van der Waals surface area contributed by atoms with Crippen LogP contribution in [0.3, 0.4) is 0 Å². The maximum Gasteiger partial charge on any atom is 0.456 e. The van der Waals surface area contributed by atoms with Gasteiger partial charge in [0.15, 0.2) is 5.82 Å². The Balaban J connectivity index is 2.32. The van der Waals surface area contributed by atoms with E-state index in [0.717, 1.165) is 6.20 Å². The van der Waals surface area contributed by atoms with Gasteiger partial charge in [-0.2, -0.15) is 13.2 Å². The summed E-state index contributed by atoms with van der Waals surface area (Å²) in [6.07, 6.45) is -2.59. The van der Waals surface area contributed by atoms with Crippen molar-refractivity contribution in [3.05, 3.63) is 36.3 Å². The second-order valence-electron chi connectivity index (χ2n) is 3.19. The van der Waals surface area contributed by atoms with Gasteiger partial charge in [-0.1, -0.05) is 6.07 Å². The first-order chi connectivity index (χ1) is 7.98. The number of rotatable bonds is 2. The molecule has 0 spiro atoms. The second kappa shape index (κ2) is 4.00. The number of hydrogen-bond acceptors (Lipinski definition) is 3. The van der Waals surface area contributed by atoms with Crippen LogP contribution < -0.4 is 0 Å². The highest BCUT2D eigenvalue weighted by atomic mass is 19.4. The average Bonchev–Trinajstić information content (AvgIpc) is 2.77. The first-order valence-electron chi connectivity index (χ1n) is 4.56. The van der Waals surface area contributed by atoms with Gasteiger partial charge in [0.05, 0.1) is 6.20 Å². The van der Waals surface area contributed by atoms with Crippen molar-refractivity contribution in [2.24, 2.45) is 0 Å². The lowest BCUT2D eigenvalue weighted by molar-refractivity contribution is -0.0888. The average molecular weight is 241 g/mol. The van der Waals surface area contributed by atoms with E-state index >= 15 is 0 Å². The molecule has 0 amide bonds. The molecular weight excluding hydrogens is 235 g/mol. The van der Waals surface area contributed by atoms with Gasteiger partial charge in [0.2, 0.25) is 0 Å². The van der Waals surface area contributed by atoms with Crippen LogP contribution in [-0.4, -0.2) is 26.9 Å². The summed E-state index contributed by atoms with van der Waals surface area (Å²) in [5, 5.41) is 0. The zero-order valence-electron chi connectivity index (χ0n) is 8.32. The molecule has 17 heavy (non-hydrogen) atoms. The van der Waals surface area contributed by atoms with E-state index in [2.05, 4.69) is 15.0 Å². The van der Waals surface area contributed by atoms with Crippen LogP contribution in [0.5, 0.6) is 0 Å². The van der Waals surface area contributed by atoms with Gasteiger partial charge in [-0.25, -0.2) is 4.98 Å². The number of H-pyrrole nitrogens is 1. The zero-order valence-corrected chi connectivity index (χ0v) is 8.32. The Morgan fingerprint density at radius 2 is 2.00 bits per heavy atom. The second-order valence-corrected chi connectivity index (χ2v) is 3.19. The van der Waals surface area contributed by atoms with Crippen molar-refractivity contribution in [3.8, 4) is 11.5 Å². The highest BCUT2D eigenvalue weighted by Gasteiger charge is 2.40. The number of nitrogens with one attached hydrogen (secondary N) is 1. The summed E-state index contributed by atoms with van der Waals surface area (Å²) in [5.74, 6) is -1.83. The Labute approximate surface area is 93.5 Å². The maximum atomic E-state index is 12.1. The minimum absolute atomic E-state index is 0.123. The third kappa shape index (κ3) is 2.32. The van der Waals surface area contributed by atoms with Crippen molar-refractivity contribution >= 4 is 5.78 Å². The molecule has 88 valence electrons. The van der Waals surface area contributed by atoms with Crippen LogP contribution in [0.2, 0.25) is 0 Å². The molecule has 0 fully saturated rings. The highest BCUT2D eigenvalue weighted by Crippen LogP contribution is 2.21. The van der Waals surface area contributed by atoms with E-state index in [4.69, 9.17) is 0 Å². The van der Waals surface area contributed by atoms with Crippen molar-refractivity contribution in [2.75, 3.05) is 0 Å². The summed E-state index contributed by atoms with van der Waals surface area (Å²) >= 11 is 0. The maximum absolute atomic E-state index is 12.1. The lowest BCUT2D eigenvalue weighted by atomic mass is 10.3. The molecule has 0 aliphatic rings. The van der Waals surface area contributed by atoms with Gasteiger partial charge in [0.1, 0.15) is 11.4 Å². The minimum atomic E-state index is -4.91. The molecule has 0 bridgehead atoms. The number of aromatic amines is 1. The van der Waals surface area contributed by atoms with E-state index < -0.39 is 17.7 Å². The number of ketones is 1. The predicted molar refractivity (Wildman–Crippen MR) is 52.2 cm³/mol. The van der Waals surface area contributed by atoms with Crippen molar-refractivity contribution in [2.45, 2.75) is 6.18 Å². The normalized spacial score (nSPS) is 11.5. The zero-order chi connectivity index (χ0) is 12.5. The van der Waals surface area contributed by atoms with E-state index in [1.807, 2.05) is 0 Å². The van der Waals surface area contributed by atoms with Crippen molar-refractivity contribution in [3.63, 3.8) is 0 Å². The number of hydrogen-bond donors (Lipinski definition) is 1. The van der Waals surface area contributed by atoms with Gasteiger partial charge in [0.25, 0.3) is 5.78 Å². The van der Waals surface area contributed by atoms with E-state index in [0.29, 0.717) is 5.69 Å². The van der Waals surface area contributed by atoms with Crippen LogP contribution in [0.15, 0.2) is 30.6 Å². The lowest BCUT2D eigenvalue weighted by Crippen LogP contribution is -2.22. The number of carbonyl (C=O) groups excluding carboxylic acids is 1. The number of aromatic nitrogens is 3. The first-order valence-corrected chi connectivity index (χ1v) is 4.56. The molecule has 0 aliphatic heterocycles. The fourth-order valence-corrected chi connectivity index (χ4v) is 1.22. The number of nitrogens with zero attached hydrogens (tertiary/aromatic N) is 2. The quantitative estimate of drug-likeness (QED) is 0.820. The first kappa shape index (κ1) is 11.3. The summed E-state index contributed by atoms with van der Waals surface area (Å²) in [4.78, 5) is 20.8. The molecule has 0 aromatic carbocycles. The van der Waals surface area contributed by atoms with Crippen molar-refractivity contribution in [1.82, 2.24) is 15.0 Å². The fraction of sp³-hybridized carbons (Fsp3) is 0.100. The molecule has 2 aromatic heterocycles. The predicted octanol–water partition coefficient (Wildman–Crippen LogP) is 2.22. The molecule has 2 rings (SSSR count). The molecule has 2 heterocycles. The van der Waals surface area contributed by atoms with Crippen LogP contribution in [0.1, 0.15) is 10.5 Å². The van der Waals surface area contributed by atoms with E-state index in [1.54, 1.807) is 18.2 Å². The van der Waals surface area contributed by atoms with Gasteiger partial charge in [-0.05, 0) is 12.1 Å². The van der Waals surface area contributed by atoms with E-state index in [-0.39, 0.29) is 5.82 Å².